The molecule has 2 aromatic carbocycles. The number of ether oxygens (including phenoxy) is 2. The van der Waals surface area contributed by atoms with Gasteiger partial charge < -0.3 is 14.6 Å². The Morgan fingerprint density at radius 1 is 0.857 bits per heavy atom. The van der Waals surface area contributed by atoms with E-state index in [0.29, 0.717) is 11.1 Å². The molecule has 0 heterocycles. The fraction of sp³-hybridized carbons (Fsp3) is 0.458. The second kappa shape index (κ2) is 18.4. The molecule has 156 valence electrons. The molecule has 4 nitrogen and oxygen atoms in total. The van der Waals surface area contributed by atoms with Gasteiger partial charge in [0.05, 0.1) is 0 Å². The smallest absolute Gasteiger partial charge is 0.195 e. The molecule has 2 aromatic rings. The maximum absolute atomic E-state index is 11.9. The zero-order valence-electron chi connectivity index (χ0n) is 17.8. The van der Waals surface area contributed by atoms with Crippen LogP contribution in [0.5, 0.6) is 0 Å². The second-order valence-electron chi connectivity index (χ2n) is 6.27. The van der Waals surface area contributed by atoms with Gasteiger partial charge in [-0.05, 0) is 18.4 Å². The van der Waals surface area contributed by atoms with E-state index in [4.69, 9.17) is 4.74 Å². The Balaban J connectivity index is 0.000000518. The summed E-state index contributed by atoms with van der Waals surface area (Å²) in [6.45, 7) is 6.28. The summed E-state index contributed by atoms with van der Waals surface area (Å²) in [6, 6.07) is 17.7. The molecule has 0 saturated carbocycles. The van der Waals surface area contributed by atoms with E-state index in [2.05, 4.69) is 18.6 Å². The number of benzene rings is 2. The van der Waals surface area contributed by atoms with Crippen molar-refractivity contribution in [2.45, 2.75) is 45.6 Å². The van der Waals surface area contributed by atoms with Crippen LogP contribution >= 0.6 is 0 Å². The number of aliphatic hydroxyl groups is 1. The van der Waals surface area contributed by atoms with Crippen molar-refractivity contribution in [3.8, 4) is 0 Å². The summed E-state index contributed by atoms with van der Waals surface area (Å²) in [4.78, 5) is 11.9. The van der Waals surface area contributed by atoms with Gasteiger partial charge in [-0.15, -0.1) is 0 Å². The number of aliphatic hydroxyl groups excluding tert-OH is 1. The van der Waals surface area contributed by atoms with Crippen molar-refractivity contribution in [3.63, 3.8) is 0 Å². The van der Waals surface area contributed by atoms with Crippen molar-refractivity contribution in [1.29, 1.82) is 0 Å². The van der Waals surface area contributed by atoms with Crippen molar-refractivity contribution < 1.29 is 19.4 Å². The van der Waals surface area contributed by atoms with Crippen molar-refractivity contribution in [2.24, 2.45) is 0 Å². The number of hydrogen-bond acceptors (Lipinski definition) is 4. The van der Waals surface area contributed by atoms with Crippen LogP contribution in [-0.4, -0.2) is 38.3 Å². The highest BCUT2D eigenvalue weighted by molar-refractivity contribution is 5.99. The van der Waals surface area contributed by atoms with Gasteiger partial charge in [-0.1, -0.05) is 87.4 Å². The molecular weight excluding hydrogens is 352 g/mol. The summed E-state index contributed by atoms with van der Waals surface area (Å²) in [5.74, 6) is -0.271. The van der Waals surface area contributed by atoms with Crippen LogP contribution in [0.1, 0.15) is 61.6 Å². The highest BCUT2D eigenvalue weighted by Crippen LogP contribution is 2.17. The molecule has 0 fully saturated rings. The van der Waals surface area contributed by atoms with E-state index in [1.54, 1.807) is 62.8 Å². The number of carbonyl (C=O) groups is 1. The topological polar surface area (TPSA) is 55.8 Å². The van der Waals surface area contributed by atoms with Gasteiger partial charge in [-0.2, -0.15) is 0 Å². The Kier molecular flexibility index (Phi) is 17.0. The van der Waals surface area contributed by atoms with Crippen molar-refractivity contribution >= 4 is 5.78 Å². The first kappa shape index (κ1) is 26.0. The first-order valence-electron chi connectivity index (χ1n) is 9.92. The normalized spacial score (nSPS) is 10.8. The Bertz CT molecular complexity index is 578. The van der Waals surface area contributed by atoms with Gasteiger partial charge in [-0.25, -0.2) is 0 Å². The number of rotatable bonds is 9. The fourth-order valence-corrected chi connectivity index (χ4v) is 2.14. The SMILES string of the molecule is CCCCOCCCC.COC.O=C(c1ccccc1)C(O)c1ccccc1. The van der Waals surface area contributed by atoms with E-state index in [9.17, 15) is 9.90 Å². The van der Waals surface area contributed by atoms with Crippen LogP contribution in [0.4, 0.5) is 0 Å². The van der Waals surface area contributed by atoms with Gasteiger partial charge in [0.1, 0.15) is 6.10 Å². The third kappa shape index (κ3) is 12.4. The molecule has 28 heavy (non-hydrogen) atoms. The van der Waals surface area contributed by atoms with Crippen LogP contribution in [0.2, 0.25) is 0 Å². The number of ketones is 1. The molecule has 0 saturated heterocycles. The van der Waals surface area contributed by atoms with E-state index >= 15 is 0 Å². The predicted octanol–water partition coefficient (Wildman–Crippen LogP) is 5.47. The zero-order chi connectivity index (χ0) is 21.0. The van der Waals surface area contributed by atoms with Crippen molar-refractivity contribution in [1.82, 2.24) is 0 Å². The standard InChI is InChI=1S/C14H12O2.C8H18O.C2H6O/c15-13(11-7-3-1-4-8-11)14(16)12-9-5-2-6-10-12;1-3-5-7-9-8-6-4-2;1-3-2/h1-10,13,15H;3-8H2,1-2H3;1-2H3. The highest BCUT2D eigenvalue weighted by atomic mass is 16.5. The molecule has 0 aromatic heterocycles. The first-order chi connectivity index (χ1) is 13.6. The third-order valence-electron chi connectivity index (χ3n) is 3.71. The summed E-state index contributed by atoms with van der Waals surface area (Å²) in [7, 11) is 3.25. The van der Waals surface area contributed by atoms with Gasteiger partial charge >= 0.3 is 0 Å². The molecule has 0 aliphatic carbocycles. The van der Waals surface area contributed by atoms with Crippen LogP contribution in [0.15, 0.2) is 60.7 Å². The van der Waals surface area contributed by atoms with Gasteiger partial charge in [-0.3, -0.25) is 4.79 Å². The highest BCUT2D eigenvalue weighted by Gasteiger charge is 2.18. The number of hydrogen-bond donors (Lipinski definition) is 1. The lowest BCUT2D eigenvalue weighted by Crippen LogP contribution is -2.11. The van der Waals surface area contributed by atoms with Crippen molar-refractivity contribution in [3.05, 3.63) is 71.8 Å². The number of carbonyl (C=O) groups excluding carboxylic acids is 1. The Morgan fingerprint density at radius 2 is 1.29 bits per heavy atom. The van der Waals surface area contributed by atoms with E-state index in [0.717, 1.165) is 13.2 Å². The third-order valence-corrected chi connectivity index (χ3v) is 3.71. The van der Waals surface area contributed by atoms with E-state index in [-0.39, 0.29) is 5.78 Å². The molecule has 0 bridgehead atoms. The first-order valence-corrected chi connectivity index (χ1v) is 9.92. The quantitative estimate of drug-likeness (QED) is 0.457. The lowest BCUT2D eigenvalue weighted by molar-refractivity contribution is 0.0747. The Hall–Kier alpha value is -2.01. The van der Waals surface area contributed by atoms with Gasteiger partial charge in [0.25, 0.3) is 0 Å². The number of unbranched alkanes of at least 4 members (excludes halogenated alkanes) is 2. The average molecular weight is 389 g/mol. The Morgan fingerprint density at radius 3 is 1.71 bits per heavy atom. The molecule has 1 unspecified atom stereocenters. The van der Waals surface area contributed by atoms with Crippen molar-refractivity contribution in [2.75, 3.05) is 27.4 Å². The van der Waals surface area contributed by atoms with E-state index < -0.39 is 6.10 Å². The van der Waals surface area contributed by atoms with Crippen LogP contribution in [0, 0.1) is 0 Å². The molecule has 0 aliphatic rings. The summed E-state index contributed by atoms with van der Waals surface area (Å²) < 4.78 is 9.56. The van der Waals surface area contributed by atoms with Crippen LogP contribution < -0.4 is 0 Å². The molecule has 1 N–H and O–H groups in total. The van der Waals surface area contributed by atoms with Gasteiger partial charge in [0.2, 0.25) is 0 Å². The van der Waals surface area contributed by atoms with Crippen LogP contribution in [0.25, 0.3) is 0 Å². The Labute approximate surface area is 170 Å². The molecule has 0 aliphatic heterocycles. The zero-order valence-corrected chi connectivity index (χ0v) is 17.8. The van der Waals surface area contributed by atoms with Gasteiger partial charge in [0, 0.05) is 33.0 Å². The fourth-order valence-electron chi connectivity index (χ4n) is 2.14. The minimum atomic E-state index is -1.08. The van der Waals surface area contributed by atoms with Crippen LogP contribution in [0.3, 0.4) is 0 Å². The summed E-state index contributed by atoms with van der Waals surface area (Å²) in [6.07, 6.45) is 3.83. The van der Waals surface area contributed by atoms with Gasteiger partial charge in [0.15, 0.2) is 5.78 Å². The largest absolute Gasteiger partial charge is 0.388 e. The molecule has 0 spiro atoms. The molecule has 1 atom stereocenters. The number of methoxy groups -OCH3 is 1. The van der Waals surface area contributed by atoms with E-state index in [1.165, 1.54) is 25.7 Å². The average Bonchev–Trinajstić information content (AvgIpc) is 2.75. The minimum Gasteiger partial charge on any atom is -0.388 e. The summed E-state index contributed by atoms with van der Waals surface area (Å²) in [5.41, 5.74) is 1.15. The monoisotopic (exact) mass is 388 g/mol. The molecule has 4 heteroatoms. The molecule has 0 amide bonds. The molecular formula is C24H36O4. The minimum absolute atomic E-state index is 0.271. The predicted molar refractivity (Wildman–Crippen MR) is 116 cm³/mol. The maximum Gasteiger partial charge on any atom is 0.195 e. The maximum atomic E-state index is 11.9. The lowest BCUT2D eigenvalue weighted by Gasteiger charge is -2.09. The summed E-state index contributed by atoms with van der Waals surface area (Å²) >= 11 is 0. The molecule has 0 radical (unpaired) electrons. The summed E-state index contributed by atoms with van der Waals surface area (Å²) in [5, 5.41) is 9.89. The molecule has 2 rings (SSSR count). The second-order valence-corrected chi connectivity index (χ2v) is 6.27. The van der Waals surface area contributed by atoms with Crippen LogP contribution in [-0.2, 0) is 9.47 Å². The van der Waals surface area contributed by atoms with E-state index in [1.807, 2.05) is 12.1 Å². The number of Topliss-reactive ketones (excluding diaryl/α,β-unsaturated/α-hetero) is 1. The lowest BCUT2D eigenvalue weighted by atomic mass is 10.0.